The van der Waals surface area contributed by atoms with Crippen LogP contribution in [0.2, 0.25) is 0 Å². The third kappa shape index (κ3) is 2.91. The van der Waals surface area contributed by atoms with E-state index in [2.05, 4.69) is 25.1 Å². The van der Waals surface area contributed by atoms with E-state index >= 15 is 0 Å². The first-order valence-corrected chi connectivity index (χ1v) is 7.87. The monoisotopic (exact) mass is 256 g/mol. The maximum absolute atomic E-state index is 11.6. The minimum atomic E-state index is 0.336. The quantitative estimate of drug-likeness (QED) is 0.774. The van der Waals surface area contributed by atoms with E-state index in [1.807, 2.05) is 0 Å². The van der Waals surface area contributed by atoms with Gasteiger partial charge in [-0.3, -0.25) is 4.79 Å². The number of fused-ring (bicyclic) bond motifs is 1. The van der Waals surface area contributed by atoms with Crippen molar-refractivity contribution < 1.29 is 4.79 Å². The minimum Gasteiger partial charge on any atom is -0.294 e. The summed E-state index contributed by atoms with van der Waals surface area (Å²) in [5, 5.41) is 0. The van der Waals surface area contributed by atoms with Crippen molar-refractivity contribution in [3.8, 4) is 0 Å². The van der Waals surface area contributed by atoms with Crippen molar-refractivity contribution in [3.63, 3.8) is 0 Å². The Morgan fingerprint density at radius 3 is 2.68 bits per heavy atom. The third-order valence-corrected chi connectivity index (χ3v) is 5.07. The van der Waals surface area contributed by atoms with Crippen LogP contribution in [0.5, 0.6) is 0 Å². The molecule has 0 atom stereocenters. The Morgan fingerprint density at radius 2 is 1.89 bits per heavy atom. The SMILES string of the molecule is CC1CCC(CCc2ccc3c(c2)CCC3=O)CC1. The molecule has 0 radical (unpaired) electrons. The van der Waals surface area contributed by atoms with Gasteiger partial charge in [-0.15, -0.1) is 0 Å². The topological polar surface area (TPSA) is 17.1 Å². The third-order valence-electron chi connectivity index (χ3n) is 5.07. The lowest BCUT2D eigenvalue weighted by molar-refractivity contribution is 0.0994. The summed E-state index contributed by atoms with van der Waals surface area (Å²) in [5.74, 6) is 2.22. The summed E-state index contributed by atoms with van der Waals surface area (Å²) >= 11 is 0. The van der Waals surface area contributed by atoms with Gasteiger partial charge in [0.1, 0.15) is 0 Å². The molecule has 1 fully saturated rings. The van der Waals surface area contributed by atoms with Crippen molar-refractivity contribution in [2.75, 3.05) is 0 Å². The molecule has 0 amide bonds. The highest BCUT2D eigenvalue weighted by Crippen LogP contribution is 2.31. The number of carbonyl (C=O) groups excluding carboxylic acids is 1. The lowest BCUT2D eigenvalue weighted by Gasteiger charge is -2.26. The molecule has 2 aliphatic rings. The van der Waals surface area contributed by atoms with Gasteiger partial charge in [0.15, 0.2) is 5.78 Å². The number of benzene rings is 1. The van der Waals surface area contributed by atoms with Crippen molar-refractivity contribution in [2.24, 2.45) is 11.8 Å². The molecule has 1 aromatic rings. The lowest BCUT2D eigenvalue weighted by Crippen LogP contribution is -2.12. The molecule has 0 aliphatic heterocycles. The van der Waals surface area contributed by atoms with E-state index in [-0.39, 0.29) is 0 Å². The fraction of sp³-hybridized carbons (Fsp3) is 0.611. The Morgan fingerprint density at radius 1 is 1.11 bits per heavy atom. The molecule has 3 rings (SSSR count). The first kappa shape index (κ1) is 12.9. The number of Topliss-reactive ketones (excluding diaryl/α,β-unsaturated/α-hetero) is 1. The molecule has 0 spiro atoms. The van der Waals surface area contributed by atoms with E-state index in [9.17, 15) is 4.79 Å². The van der Waals surface area contributed by atoms with Crippen LogP contribution in [0.1, 0.15) is 66.9 Å². The van der Waals surface area contributed by atoms with Crippen molar-refractivity contribution in [2.45, 2.75) is 58.3 Å². The standard InChI is InChI=1S/C18H24O/c1-13-2-4-14(5-3-13)6-7-15-8-10-17-16(12-15)9-11-18(17)19/h8,10,12-14H,2-7,9,11H2,1H3. The second kappa shape index (κ2) is 5.48. The molecule has 0 saturated heterocycles. The number of ketones is 1. The average Bonchev–Trinajstić information content (AvgIpc) is 2.79. The van der Waals surface area contributed by atoms with Crippen LogP contribution in [0.3, 0.4) is 0 Å². The number of carbonyl (C=O) groups is 1. The fourth-order valence-electron chi connectivity index (χ4n) is 3.65. The zero-order chi connectivity index (χ0) is 13.2. The van der Waals surface area contributed by atoms with Gasteiger partial charge >= 0.3 is 0 Å². The number of hydrogen-bond donors (Lipinski definition) is 0. The first-order chi connectivity index (χ1) is 9.22. The highest BCUT2D eigenvalue weighted by Gasteiger charge is 2.20. The Labute approximate surface area is 116 Å². The van der Waals surface area contributed by atoms with Crippen molar-refractivity contribution >= 4 is 5.78 Å². The van der Waals surface area contributed by atoms with Crippen LogP contribution < -0.4 is 0 Å². The molecule has 19 heavy (non-hydrogen) atoms. The van der Waals surface area contributed by atoms with Gasteiger partial charge in [0, 0.05) is 12.0 Å². The maximum Gasteiger partial charge on any atom is 0.163 e. The summed E-state index contributed by atoms with van der Waals surface area (Å²) in [6.45, 7) is 2.38. The molecule has 0 aromatic heterocycles. The Balaban J connectivity index is 1.57. The van der Waals surface area contributed by atoms with Gasteiger partial charge in [0.05, 0.1) is 0 Å². The summed E-state index contributed by atoms with van der Waals surface area (Å²) < 4.78 is 0. The van der Waals surface area contributed by atoms with Gasteiger partial charge in [-0.2, -0.15) is 0 Å². The fourth-order valence-corrected chi connectivity index (χ4v) is 3.65. The molecule has 102 valence electrons. The number of hydrogen-bond acceptors (Lipinski definition) is 1. The molecular weight excluding hydrogens is 232 g/mol. The van der Waals surface area contributed by atoms with Crippen molar-refractivity contribution in [1.82, 2.24) is 0 Å². The molecule has 1 nitrogen and oxygen atoms in total. The van der Waals surface area contributed by atoms with Crippen LogP contribution in [-0.2, 0) is 12.8 Å². The van der Waals surface area contributed by atoms with Crippen LogP contribution in [0.4, 0.5) is 0 Å². The van der Waals surface area contributed by atoms with Crippen molar-refractivity contribution in [3.05, 3.63) is 34.9 Å². The predicted molar refractivity (Wildman–Crippen MR) is 78.5 cm³/mol. The Bertz CT molecular complexity index is 467. The van der Waals surface area contributed by atoms with Gasteiger partial charge in [0.25, 0.3) is 0 Å². The summed E-state index contributed by atoms with van der Waals surface area (Å²) in [6, 6.07) is 6.52. The van der Waals surface area contributed by atoms with E-state index in [4.69, 9.17) is 0 Å². The summed E-state index contributed by atoms with van der Waals surface area (Å²) in [6.07, 6.45) is 9.89. The van der Waals surface area contributed by atoms with E-state index in [1.165, 1.54) is 49.7 Å². The number of aryl methyl sites for hydroxylation is 2. The van der Waals surface area contributed by atoms with Gasteiger partial charge in [-0.1, -0.05) is 50.8 Å². The average molecular weight is 256 g/mol. The van der Waals surface area contributed by atoms with Gasteiger partial charge in [-0.05, 0) is 42.2 Å². The van der Waals surface area contributed by atoms with E-state index in [0.717, 1.165) is 30.2 Å². The molecular formula is C18H24O. The summed E-state index contributed by atoms with van der Waals surface area (Å²) in [4.78, 5) is 11.6. The van der Waals surface area contributed by atoms with Crippen LogP contribution in [0.25, 0.3) is 0 Å². The summed E-state index contributed by atoms with van der Waals surface area (Å²) in [7, 11) is 0. The highest BCUT2D eigenvalue weighted by molar-refractivity contribution is 6.00. The van der Waals surface area contributed by atoms with Crippen LogP contribution in [0.15, 0.2) is 18.2 Å². The zero-order valence-corrected chi connectivity index (χ0v) is 12.0. The molecule has 0 bridgehead atoms. The highest BCUT2D eigenvalue weighted by atomic mass is 16.1. The smallest absolute Gasteiger partial charge is 0.163 e. The van der Waals surface area contributed by atoms with Gasteiger partial charge < -0.3 is 0 Å². The van der Waals surface area contributed by atoms with Crippen LogP contribution in [0, 0.1) is 11.8 Å². The second-order valence-corrected chi connectivity index (χ2v) is 6.58. The van der Waals surface area contributed by atoms with Gasteiger partial charge in [0.2, 0.25) is 0 Å². The molecule has 2 aliphatic carbocycles. The zero-order valence-electron chi connectivity index (χ0n) is 12.0. The van der Waals surface area contributed by atoms with Crippen LogP contribution in [-0.4, -0.2) is 5.78 Å². The molecule has 1 aromatic carbocycles. The molecule has 0 N–H and O–H groups in total. The maximum atomic E-state index is 11.6. The van der Waals surface area contributed by atoms with E-state index < -0.39 is 0 Å². The normalized spacial score (nSPS) is 26.5. The Hall–Kier alpha value is -1.11. The predicted octanol–water partition coefficient (Wildman–Crippen LogP) is 4.57. The van der Waals surface area contributed by atoms with Gasteiger partial charge in [-0.25, -0.2) is 0 Å². The largest absolute Gasteiger partial charge is 0.294 e. The molecule has 0 unspecified atom stereocenters. The van der Waals surface area contributed by atoms with Crippen LogP contribution >= 0.6 is 0 Å². The Kier molecular flexibility index (Phi) is 3.72. The minimum absolute atomic E-state index is 0.336. The lowest BCUT2D eigenvalue weighted by atomic mass is 9.80. The first-order valence-electron chi connectivity index (χ1n) is 7.87. The molecule has 1 saturated carbocycles. The van der Waals surface area contributed by atoms with Crippen molar-refractivity contribution in [1.29, 1.82) is 0 Å². The molecule has 0 heterocycles. The molecule has 1 heteroatoms. The van der Waals surface area contributed by atoms with E-state index in [1.54, 1.807) is 0 Å². The second-order valence-electron chi connectivity index (χ2n) is 6.58. The van der Waals surface area contributed by atoms with E-state index in [0.29, 0.717) is 5.78 Å². The summed E-state index contributed by atoms with van der Waals surface area (Å²) in [5.41, 5.74) is 3.71. The number of rotatable bonds is 3.